The zero-order valence-corrected chi connectivity index (χ0v) is 18.8. The van der Waals surface area contributed by atoms with Gasteiger partial charge in [0.15, 0.2) is 0 Å². The Morgan fingerprint density at radius 1 is 0.969 bits per heavy atom. The SMILES string of the molecule is O=CC1c2ccccc2CN1CC1CCN(CCC(=O)N2CCCc3ccccc32)CC1. The maximum atomic E-state index is 12.9. The van der Waals surface area contributed by atoms with Crippen molar-refractivity contribution in [3.05, 3.63) is 65.2 Å². The van der Waals surface area contributed by atoms with Gasteiger partial charge in [-0.15, -0.1) is 0 Å². The molecular formula is C27H33N3O2. The molecule has 3 aliphatic rings. The first-order chi connectivity index (χ1) is 15.7. The average molecular weight is 432 g/mol. The molecule has 168 valence electrons. The highest BCUT2D eigenvalue weighted by atomic mass is 16.2. The van der Waals surface area contributed by atoms with Crippen molar-refractivity contribution in [1.82, 2.24) is 9.80 Å². The summed E-state index contributed by atoms with van der Waals surface area (Å²) < 4.78 is 0. The molecule has 0 saturated carbocycles. The van der Waals surface area contributed by atoms with E-state index in [1.807, 2.05) is 17.0 Å². The molecule has 3 heterocycles. The van der Waals surface area contributed by atoms with Crippen LogP contribution in [0.25, 0.3) is 0 Å². The second-order valence-corrected chi connectivity index (χ2v) is 9.52. The fourth-order valence-corrected chi connectivity index (χ4v) is 5.72. The first-order valence-electron chi connectivity index (χ1n) is 12.1. The zero-order chi connectivity index (χ0) is 21.9. The molecular weight excluding hydrogens is 398 g/mol. The molecule has 2 aromatic carbocycles. The van der Waals surface area contributed by atoms with Gasteiger partial charge in [-0.05, 0) is 67.4 Å². The van der Waals surface area contributed by atoms with Crippen LogP contribution in [-0.2, 0) is 22.6 Å². The number of carbonyl (C=O) groups is 2. The van der Waals surface area contributed by atoms with Crippen molar-refractivity contribution < 1.29 is 9.59 Å². The molecule has 32 heavy (non-hydrogen) atoms. The predicted octanol–water partition coefficient (Wildman–Crippen LogP) is 3.82. The molecule has 0 spiro atoms. The molecule has 0 N–H and O–H groups in total. The summed E-state index contributed by atoms with van der Waals surface area (Å²) >= 11 is 0. The summed E-state index contributed by atoms with van der Waals surface area (Å²) in [6.07, 6.45) is 6.09. The highest BCUT2D eigenvalue weighted by molar-refractivity contribution is 5.94. The fraction of sp³-hybridized carbons (Fsp3) is 0.481. The number of para-hydroxylation sites is 1. The number of fused-ring (bicyclic) bond motifs is 2. The number of aldehydes is 1. The van der Waals surface area contributed by atoms with Crippen molar-refractivity contribution in [1.29, 1.82) is 0 Å². The van der Waals surface area contributed by atoms with Crippen LogP contribution >= 0.6 is 0 Å². The van der Waals surface area contributed by atoms with E-state index in [1.54, 1.807) is 0 Å². The van der Waals surface area contributed by atoms with Gasteiger partial charge in [0.2, 0.25) is 5.91 Å². The van der Waals surface area contributed by atoms with Crippen molar-refractivity contribution in [3.63, 3.8) is 0 Å². The van der Waals surface area contributed by atoms with Crippen molar-refractivity contribution in [2.45, 2.75) is 44.7 Å². The average Bonchev–Trinajstić information content (AvgIpc) is 3.20. The molecule has 0 aliphatic carbocycles. The Morgan fingerprint density at radius 2 is 1.72 bits per heavy atom. The molecule has 0 aromatic heterocycles. The molecule has 1 amide bonds. The molecule has 5 nitrogen and oxygen atoms in total. The second kappa shape index (κ2) is 9.55. The van der Waals surface area contributed by atoms with Crippen LogP contribution in [0, 0.1) is 5.92 Å². The van der Waals surface area contributed by atoms with E-state index >= 15 is 0 Å². The largest absolute Gasteiger partial charge is 0.312 e. The summed E-state index contributed by atoms with van der Waals surface area (Å²) in [4.78, 5) is 31.5. The van der Waals surface area contributed by atoms with Gasteiger partial charge in [0.25, 0.3) is 0 Å². The molecule has 1 unspecified atom stereocenters. The van der Waals surface area contributed by atoms with Gasteiger partial charge in [-0.1, -0.05) is 42.5 Å². The zero-order valence-electron chi connectivity index (χ0n) is 18.8. The van der Waals surface area contributed by atoms with E-state index in [0.29, 0.717) is 12.3 Å². The Morgan fingerprint density at radius 3 is 2.53 bits per heavy atom. The van der Waals surface area contributed by atoms with Crippen LogP contribution < -0.4 is 4.90 Å². The lowest BCUT2D eigenvalue weighted by Crippen LogP contribution is -2.41. The maximum absolute atomic E-state index is 12.9. The minimum atomic E-state index is -0.0886. The summed E-state index contributed by atoms with van der Waals surface area (Å²) in [7, 11) is 0. The monoisotopic (exact) mass is 431 g/mol. The first-order valence-corrected chi connectivity index (χ1v) is 12.1. The standard InChI is InChI=1S/C27H33N3O2/c31-20-26-24-9-3-1-7-23(24)19-29(26)18-21-11-15-28(16-12-21)17-13-27(32)30-14-5-8-22-6-2-4-10-25(22)30/h1-4,6-7,9-10,20-21,26H,5,8,11-19H2. The number of benzene rings is 2. The number of likely N-dealkylation sites (tertiary alicyclic amines) is 1. The number of amides is 1. The number of rotatable bonds is 6. The summed E-state index contributed by atoms with van der Waals surface area (Å²) in [5, 5.41) is 0. The molecule has 5 rings (SSSR count). The van der Waals surface area contributed by atoms with E-state index in [2.05, 4.69) is 46.2 Å². The van der Waals surface area contributed by atoms with Gasteiger partial charge in [-0.25, -0.2) is 0 Å². The Balaban J connectivity index is 1.09. The smallest absolute Gasteiger partial charge is 0.228 e. The van der Waals surface area contributed by atoms with Crippen LogP contribution in [0.3, 0.4) is 0 Å². The third kappa shape index (κ3) is 4.37. The van der Waals surface area contributed by atoms with Crippen molar-refractivity contribution in [2.75, 3.05) is 37.6 Å². The van der Waals surface area contributed by atoms with Gasteiger partial charge in [-0.2, -0.15) is 0 Å². The van der Waals surface area contributed by atoms with Crippen molar-refractivity contribution in [2.24, 2.45) is 5.92 Å². The van der Waals surface area contributed by atoms with Crippen LogP contribution in [0.5, 0.6) is 0 Å². The van der Waals surface area contributed by atoms with Crippen LogP contribution in [-0.4, -0.2) is 54.7 Å². The van der Waals surface area contributed by atoms with Gasteiger partial charge >= 0.3 is 0 Å². The van der Waals surface area contributed by atoms with Crippen molar-refractivity contribution >= 4 is 17.9 Å². The minimum absolute atomic E-state index is 0.0886. The lowest BCUT2D eigenvalue weighted by Gasteiger charge is -2.35. The molecule has 2 aromatic rings. The molecule has 1 saturated heterocycles. The van der Waals surface area contributed by atoms with E-state index in [-0.39, 0.29) is 11.9 Å². The van der Waals surface area contributed by atoms with E-state index in [4.69, 9.17) is 0 Å². The Hall–Kier alpha value is -2.50. The molecule has 0 radical (unpaired) electrons. The normalized spacial score (nSPS) is 21.9. The first kappa shape index (κ1) is 21.4. The van der Waals surface area contributed by atoms with Crippen molar-refractivity contribution in [3.8, 4) is 0 Å². The number of anilines is 1. The number of aryl methyl sites for hydroxylation is 1. The Bertz CT molecular complexity index is 967. The van der Waals surface area contributed by atoms with Crippen LogP contribution in [0.1, 0.15) is 48.4 Å². The molecule has 0 bridgehead atoms. The van der Waals surface area contributed by atoms with Gasteiger partial charge in [0.05, 0.1) is 6.04 Å². The highest BCUT2D eigenvalue weighted by Gasteiger charge is 2.32. The lowest BCUT2D eigenvalue weighted by molar-refractivity contribution is -0.119. The molecule has 1 fully saturated rings. The minimum Gasteiger partial charge on any atom is -0.312 e. The number of carbonyl (C=O) groups excluding carboxylic acids is 2. The van der Waals surface area contributed by atoms with E-state index in [1.165, 1.54) is 16.7 Å². The predicted molar refractivity (Wildman–Crippen MR) is 127 cm³/mol. The number of piperidine rings is 1. The third-order valence-corrected chi connectivity index (χ3v) is 7.52. The number of hydrogen-bond donors (Lipinski definition) is 0. The number of nitrogens with zero attached hydrogens (tertiary/aromatic N) is 3. The van der Waals surface area contributed by atoms with E-state index in [9.17, 15) is 9.59 Å². The number of hydrogen-bond acceptors (Lipinski definition) is 4. The van der Waals surface area contributed by atoms with E-state index < -0.39 is 0 Å². The van der Waals surface area contributed by atoms with Crippen LogP contribution in [0.4, 0.5) is 5.69 Å². The molecule has 3 aliphatic heterocycles. The molecule has 5 heteroatoms. The van der Waals surface area contributed by atoms with Gasteiger partial charge in [-0.3, -0.25) is 9.69 Å². The maximum Gasteiger partial charge on any atom is 0.228 e. The Kier molecular flexibility index (Phi) is 6.37. The lowest BCUT2D eigenvalue weighted by atomic mass is 9.95. The summed E-state index contributed by atoms with van der Waals surface area (Å²) in [6, 6.07) is 16.6. The molecule has 1 atom stereocenters. The summed E-state index contributed by atoms with van der Waals surface area (Å²) in [6.45, 7) is 5.63. The van der Waals surface area contributed by atoms with Crippen LogP contribution in [0.2, 0.25) is 0 Å². The van der Waals surface area contributed by atoms with Gasteiger partial charge < -0.3 is 14.6 Å². The summed E-state index contributed by atoms with van der Waals surface area (Å²) in [5.74, 6) is 0.871. The Labute approximate surface area is 191 Å². The fourth-order valence-electron chi connectivity index (χ4n) is 5.72. The topological polar surface area (TPSA) is 43.9 Å². The summed E-state index contributed by atoms with van der Waals surface area (Å²) in [5.41, 5.74) is 4.88. The van der Waals surface area contributed by atoms with Gasteiger partial charge in [0, 0.05) is 38.3 Å². The van der Waals surface area contributed by atoms with E-state index in [0.717, 1.165) is 76.9 Å². The third-order valence-electron chi connectivity index (χ3n) is 7.52. The van der Waals surface area contributed by atoms with Crippen LogP contribution in [0.15, 0.2) is 48.5 Å². The van der Waals surface area contributed by atoms with Gasteiger partial charge in [0.1, 0.15) is 6.29 Å². The quantitative estimate of drug-likeness (QED) is 0.652. The highest BCUT2D eigenvalue weighted by Crippen LogP contribution is 2.34. The second-order valence-electron chi connectivity index (χ2n) is 9.52.